The van der Waals surface area contributed by atoms with Crippen molar-refractivity contribution >= 4 is 32.7 Å². The van der Waals surface area contributed by atoms with Gasteiger partial charge in [0.2, 0.25) is 5.43 Å². The first-order valence-corrected chi connectivity index (χ1v) is 7.43. The number of rotatable bonds is 1. The highest BCUT2D eigenvalue weighted by Gasteiger charge is 2.31. The summed E-state index contributed by atoms with van der Waals surface area (Å²) in [5.41, 5.74) is -1.13. The van der Waals surface area contributed by atoms with Crippen LogP contribution in [0, 0.1) is 0 Å². The molecule has 0 unspecified atom stereocenters. The number of alkyl halides is 3. The highest BCUT2D eigenvalue weighted by atomic mass is 19.4. The molecule has 0 spiro atoms. The Morgan fingerprint density at radius 2 is 1.76 bits per heavy atom. The number of fused-ring (bicyclic) bond motifs is 4. The molecule has 3 aromatic carbocycles. The number of benzene rings is 3. The van der Waals surface area contributed by atoms with Gasteiger partial charge in [0, 0.05) is 5.39 Å². The molecule has 0 fully saturated rings. The Kier molecular flexibility index (Phi) is 3.25. The van der Waals surface area contributed by atoms with Gasteiger partial charge in [-0.25, -0.2) is 0 Å². The smallest absolute Gasteiger partial charge is 0.416 e. The van der Waals surface area contributed by atoms with E-state index in [1.54, 1.807) is 24.3 Å². The molecule has 0 N–H and O–H groups in total. The molecule has 126 valence electrons. The maximum Gasteiger partial charge on any atom is 0.416 e. The lowest BCUT2D eigenvalue weighted by molar-refractivity contribution is -0.137. The Balaban J connectivity index is 2.18. The molecule has 6 heteroatoms. The van der Waals surface area contributed by atoms with Crippen molar-refractivity contribution in [3.63, 3.8) is 0 Å². The molecule has 4 rings (SSSR count). The predicted molar refractivity (Wildman–Crippen MR) is 89.1 cm³/mol. The molecule has 0 radical (unpaired) electrons. The van der Waals surface area contributed by atoms with Crippen molar-refractivity contribution in [1.82, 2.24) is 0 Å². The lowest BCUT2D eigenvalue weighted by Gasteiger charge is -2.10. The van der Waals surface area contributed by atoms with Gasteiger partial charge in [0.1, 0.15) is 16.9 Å². The number of methoxy groups -OCH3 is 1. The van der Waals surface area contributed by atoms with Crippen LogP contribution in [0.2, 0.25) is 0 Å². The van der Waals surface area contributed by atoms with Gasteiger partial charge >= 0.3 is 6.18 Å². The van der Waals surface area contributed by atoms with Crippen LogP contribution in [0.15, 0.2) is 57.7 Å². The van der Waals surface area contributed by atoms with Crippen LogP contribution in [-0.4, -0.2) is 7.11 Å². The van der Waals surface area contributed by atoms with E-state index in [9.17, 15) is 18.0 Å². The maximum absolute atomic E-state index is 12.9. The van der Waals surface area contributed by atoms with Gasteiger partial charge in [-0.3, -0.25) is 4.79 Å². The zero-order valence-electron chi connectivity index (χ0n) is 13.0. The summed E-state index contributed by atoms with van der Waals surface area (Å²) in [4.78, 5) is 12.9. The van der Waals surface area contributed by atoms with Crippen LogP contribution in [0.25, 0.3) is 32.7 Å². The van der Waals surface area contributed by atoms with Gasteiger partial charge in [0.15, 0.2) is 0 Å². The van der Waals surface area contributed by atoms with Crippen molar-refractivity contribution in [3.8, 4) is 5.75 Å². The summed E-state index contributed by atoms with van der Waals surface area (Å²) in [6.45, 7) is 0. The Morgan fingerprint density at radius 1 is 0.960 bits per heavy atom. The Morgan fingerprint density at radius 3 is 2.48 bits per heavy atom. The molecular formula is C19H11F3O3. The fourth-order valence-electron chi connectivity index (χ4n) is 3.03. The first kappa shape index (κ1) is 15.5. The summed E-state index contributed by atoms with van der Waals surface area (Å²) in [5, 5.41) is 1.75. The molecule has 0 aliphatic heterocycles. The van der Waals surface area contributed by atoms with E-state index in [1.807, 2.05) is 6.07 Å². The molecule has 3 nitrogen and oxygen atoms in total. The third-order valence-corrected chi connectivity index (χ3v) is 4.19. The second kappa shape index (κ2) is 5.24. The molecule has 0 saturated heterocycles. The molecule has 0 aliphatic carbocycles. The lowest BCUT2D eigenvalue weighted by Crippen LogP contribution is -2.07. The number of halogens is 3. The topological polar surface area (TPSA) is 39.4 Å². The summed E-state index contributed by atoms with van der Waals surface area (Å²) in [5.74, 6) is 0.502. The summed E-state index contributed by atoms with van der Waals surface area (Å²) >= 11 is 0. The maximum atomic E-state index is 12.9. The fraction of sp³-hybridized carbons (Fsp3) is 0.105. The van der Waals surface area contributed by atoms with Crippen LogP contribution < -0.4 is 10.2 Å². The van der Waals surface area contributed by atoms with Gasteiger partial charge in [-0.2, -0.15) is 13.2 Å². The fourth-order valence-corrected chi connectivity index (χ4v) is 3.03. The largest absolute Gasteiger partial charge is 0.496 e. The van der Waals surface area contributed by atoms with Gasteiger partial charge in [0.25, 0.3) is 0 Å². The molecule has 0 bridgehead atoms. The lowest BCUT2D eigenvalue weighted by atomic mass is 10.0. The zero-order valence-corrected chi connectivity index (χ0v) is 13.0. The van der Waals surface area contributed by atoms with Gasteiger partial charge in [-0.05, 0) is 35.7 Å². The number of hydrogen-bond donors (Lipinski definition) is 0. The molecule has 0 amide bonds. The molecular weight excluding hydrogens is 333 g/mol. The van der Waals surface area contributed by atoms with E-state index in [-0.39, 0.29) is 22.0 Å². The third kappa shape index (κ3) is 2.33. The van der Waals surface area contributed by atoms with E-state index >= 15 is 0 Å². The molecule has 1 heterocycles. The monoisotopic (exact) mass is 344 g/mol. The molecule has 1 aromatic heterocycles. The predicted octanol–water partition coefficient (Wildman–Crippen LogP) is 5.13. The van der Waals surface area contributed by atoms with Crippen LogP contribution in [0.1, 0.15) is 5.56 Å². The van der Waals surface area contributed by atoms with E-state index in [0.717, 1.165) is 23.6 Å². The Hall–Kier alpha value is -3.02. The van der Waals surface area contributed by atoms with Crippen molar-refractivity contribution in [2.24, 2.45) is 0 Å². The molecule has 0 aliphatic rings. The quantitative estimate of drug-likeness (QED) is 0.355. The Labute approximate surface area is 139 Å². The van der Waals surface area contributed by atoms with E-state index in [4.69, 9.17) is 9.15 Å². The minimum Gasteiger partial charge on any atom is -0.496 e. The third-order valence-electron chi connectivity index (χ3n) is 4.19. The molecule has 0 saturated carbocycles. The summed E-state index contributed by atoms with van der Waals surface area (Å²) in [6.07, 6.45) is -4.51. The van der Waals surface area contributed by atoms with Gasteiger partial charge < -0.3 is 9.15 Å². The minimum absolute atomic E-state index is 0.0958. The first-order chi connectivity index (χ1) is 11.9. The van der Waals surface area contributed by atoms with E-state index in [2.05, 4.69) is 0 Å². The Bertz CT molecular complexity index is 1190. The van der Waals surface area contributed by atoms with Crippen molar-refractivity contribution in [3.05, 3.63) is 64.3 Å². The molecule has 0 atom stereocenters. The average molecular weight is 344 g/mol. The number of ether oxygens (including phenoxy) is 1. The first-order valence-electron chi connectivity index (χ1n) is 7.43. The van der Waals surface area contributed by atoms with Crippen molar-refractivity contribution < 1.29 is 22.3 Å². The highest BCUT2D eigenvalue weighted by molar-refractivity contribution is 6.11. The zero-order chi connectivity index (χ0) is 17.8. The van der Waals surface area contributed by atoms with Crippen molar-refractivity contribution in [2.75, 3.05) is 7.11 Å². The SMILES string of the molecule is COc1cccc2ccc3oc4cc(C(F)(F)F)ccc4c(=O)c3c12. The highest BCUT2D eigenvalue weighted by Crippen LogP contribution is 2.34. The number of hydrogen-bond acceptors (Lipinski definition) is 3. The summed E-state index contributed by atoms with van der Waals surface area (Å²) in [6, 6.07) is 11.5. The normalized spacial score (nSPS) is 12.2. The van der Waals surface area contributed by atoms with Crippen LogP contribution in [-0.2, 0) is 6.18 Å². The van der Waals surface area contributed by atoms with E-state index in [1.165, 1.54) is 7.11 Å². The minimum atomic E-state index is -4.51. The second-order valence-electron chi connectivity index (χ2n) is 5.64. The van der Waals surface area contributed by atoms with E-state index in [0.29, 0.717) is 16.5 Å². The second-order valence-corrected chi connectivity index (χ2v) is 5.64. The summed E-state index contributed by atoms with van der Waals surface area (Å²) in [7, 11) is 1.49. The van der Waals surface area contributed by atoms with Gasteiger partial charge in [-0.15, -0.1) is 0 Å². The summed E-state index contributed by atoms with van der Waals surface area (Å²) < 4.78 is 49.7. The van der Waals surface area contributed by atoms with Crippen LogP contribution in [0.3, 0.4) is 0 Å². The van der Waals surface area contributed by atoms with Crippen molar-refractivity contribution in [1.29, 1.82) is 0 Å². The average Bonchev–Trinajstić information content (AvgIpc) is 2.59. The van der Waals surface area contributed by atoms with Crippen LogP contribution >= 0.6 is 0 Å². The van der Waals surface area contributed by atoms with Gasteiger partial charge in [-0.1, -0.05) is 18.2 Å². The van der Waals surface area contributed by atoms with Gasteiger partial charge in [0.05, 0.1) is 23.4 Å². The van der Waals surface area contributed by atoms with Crippen LogP contribution in [0.5, 0.6) is 5.75 Å². The van der Waals surface area contributed by atoms with Crippen LogP contribution in [0.4, 0.5) is 13.2 Å². The standard InChI is InChI=1S/C19H11F3O3/c1-24-13-4-2-3-10-5-8-14-17(16(10)13)18(23)12-7-6-11(19(20,21)22)9-15(12)25-14/h2-9H,1H3. The van der Waals surface area contributed by atoms with Crippen molar-refractivity contribution in [2.45, 2.75) is 6.18 Å². The van der Waals surface area contributed by atoms with E-state index < -0.39 is 11.7 Å². The molecule has 4 aromatic rings. The molecule has 25 heavy (non-hydrogen) atoms.